The van der Waals surface area contributed by atoms with Gasteiger partial charge in [-0.3, -0.25) is 14.9 Å². The van der Waals surface area contributed by atoms with Crippen molar-refractivity contribution in [2.24, 2.45) is 0 Å². The summed E-state index contributed by atoms with van der Waals surface area (Å²) in [6.07, 6.45) is 0.947. The molecule has 0 aliphatic carbocycles. The number of benzene rings is 2. The zero-order valence-corrected chi connectivity index (χ0v) is 20.2. The fourth-order valence-corrected chi connectivity index (χ4v) is 6.35. The Balaban J connectivity index is 1.29. The molecule has 0 radical (unpaired) electrons. The smallest absolute Gasteiger partial charge is 0.244 e. The van der Waals surface area contributed by atoms with Crippen molar-refractivity contribution in [2.75, 3.05) is 24.0 Å². The molecule has 0 saturated carbocycles. The molecular weight excluding hydrogens is 494 g/mol. The molecule has 2 N–H and O–H groups in total. The molecule has 1 aromatic heterocycles. The van der Waals surface area contributed by atoms with E-state index in [1.807, 2.05) is 6.07 Å². The lowest BCUT2D eigenvalue weighted by molar-refractivity contribution is -0.119. The van der Waals surface area contributed by atoms with Gasteiger partial charge in [0.2, 0.25) is 33.8 Å². The van der Waals surface area contributed by atoms with Crippen LogP contribution in [0.4, 0.5) is 10.8 Å². The molecular formula is C22H21N5O6S2. The van der Waals surface area contributed by atoms with E-state index < -0.39 is 22.0 Å². The molecule has 182 valence electrons. The van der Waals surface area contributed by atoms with Crippen LogP contribution in [0.25, 0.3) is 10.6 Å². The van der Waals surface area contributed by atoms with E-state index >= 15 is 0 Å². The van der Waals surface area contributed by atoms with Crippen molar-refractivity contribution in [1.29, 1.82) is 0 Å². The number of rotatable bonds is 6. The fourth-order valence-electron chi connectivity index (χ4n) is 3.95. The van der Waals surface area contributed by atoms with Crippen LogP contribution in [0.15, 0.2) is 47.4 Å². The van der Waals surface area contributed by atoms with Crippen molar-refractivity contribution in [1.82, 2.24) is 14.5 Å². The first-order chi connectivity index (χ1) is 16.8. The standard InChI is InChI=1S/C22H21N5O6S2/c1-13(28)23-15-5-7-16(8-6-15)35(30,31)27-10-2-3-17(27)20(29)24-22-26-25-21(34-22)14-4-9-18-19(11-14)33-12-32-18/h4-9,11,17H,2-3,10,12H2,1H3,(H,23,28)(H,24,26,29). The molecule has 1 unspecified atom stereocenters. The normalized spacial score (nSPS) is 17.3. The van der Waals surface area contributed by atoms with Crippen LogP contribution in [-0.2, 0) is 19.6 Å². The molecule has 2 amide bonds. The number of anilines is 2. The molecule has 35 heavy (non-hydrogen) atoms. The van der Waals surface area contributed by atoms with E-state index in [1.165, 1.54) is 46.8 Å². The van der Waals surface area contributed by atoms with Crippen LogP contribution in [0.2, 0.25) is 0 Å². The van der Waals surface area contributed by atoms with Crippen LogP contribution in [0.1, 0.15) is 19.8 Å². The predicted octanol–water partition coefficient (Wildman–Crippen LogP) is 2.68. The highest BCUT2D eigenvalue weighted by Crippen LogP contribution is 2.37. The Morgan fingerprint density at radius 2 is 1.83 bits per heavy atom. The molecule has 0 spiro atoms. The number of amides is 2. The quantitative estimate of drug-likeness (QED) is 0.511. The van der Waals surface area contributed by atoms with Crippen LogP contribution in [0, 0.1) is 0 Å². The van der Waals surface area contributed by atoms with Gasteiger partial charge < -0.3 is 14.8 Å². The van der Waals surface area contributed by atoms with Crippen LogP contribution in [0.5, 0.6) is 11.5 Å². The fraction of sp³-hybridized carbons (Fsp3) is 0.273. The summed E-state index contributed by atoms with van der Waals surface area (Å²) in [7, 11) is -3.91. The monoisotopic (exact) mass is 515 g/mol. The molecule has 3 aromatic rings. The van der Waals surface area contributed by atoms with Crippen LogP contribution in [-0.4, -0.2) is 54.1 Å². The van der Waals surface area contributed by atoms with Crippen molar-refractivity contribution in [3.63, 3.8) is 0 Å². The van der Waals surface area contributed by atoms with Crippen LogP contribution >= 0.6 is 11.3 Å². The van der Waals surface area contributed by atoms with Gasteiger partial charge in [-0.2, -0.15) is 4.31 Å². The Hall–Kier alpha value is -3.55. The minimum Gasteiger partial charge on any atom is -0.454 e. The minimum atomic E-state index is -3.91. The summed E-state index contributed by atoms with van der Waals surface area (Å²) in [4.78, 5) is 24.3. The number of sulfonamides is 1. The van der Waals surface area contributed by atoms with Gasteiger partial charge in [-0.15, -0.1) is 10.2 Å². The number of hydrogen-bond acceptors (Lipinski definition) is 9. The van der Waals surface area contributed by atoms with Crippen molar-refractivity contribution in [3.8, 4) is 22.1 Å². The maximum absolute atomic E-state index is 13.2. The van der Waals surface area contributed by atoms with E-state index in [2.05, 4.69) is 20.8 Å². The van der Waals surface area contributed by atoms with Crippen molar-refractivity contribution < 1.29 is 27.5 Å². The van der Waals surface area contributed by atoms with Gasteiger partial charge in [0.1, 0.15) is 11.0 Å². The third-order valence-electron chi connectivity index (χ3n) is 5.56. The summed E-state index contributed by atoms with van der Waals surface area (Å²) in [6.45, 7) is 1.76. The number of carbonyl (C=O) groups is 2. The van der Waals surface area contributed by atoms with Gasteiger partial charge in [0.05, 0.1) is 4.90 Å². The van der Waals surface area contributed by atoms with Gasteiger partial charge in [0, 0.05) is 24.7 Å². The van der Waals surface area contributed by atoms with Crippen LogP contribution < -0.4 is 20.1 Å². The molecule has 2 aliphatic heterocycles. The molecule has 1 atom stereocenters. The summed E-state index contributed by atoms with van der Waals surface area (Å²) < 4.78 is 38.4. The molecule has 13 heteroatoms. The Labute approximate surface area is 205 Å². The second-order valence-electron chi connectivity index (χ2n) is 7.95. The average molecular weight is 516 g/mol. The van der Waals surface area contributed by atoms with E-state index in [9.17, 15) is 18.0 Å². The van der Waals surface area contributed by atoms with Gasteiger partial charge in [0.15, 0.2) is 11.5 Å². The highest BCUT2D eigenvalue weighted by molar-refractivity contribution is 7.89. The third kappa shape index (κ3) is 4.70. The molecule has 2 aromatic carbocycles. The lowest BCUT2D eigenvalue weighted by Crippen LogP contribution is -2.43. The van der Waals surface area contributed by atoms with Crippen LogP contribution in [0.3, 0.4) is 0 Å². The predicted molar refractivity (Wildman–Crippen MR) is 128 cm³/mol. The van der Waals surface area contributed by atoms with Crippen molar-refractivity contribution in [3.05, 3.63) is 42.5 Å². The summed E-state index contributed by atoms with van der Waals surface area (Å²) in [6, 6.07) is 10.4. The van der Waals surface area contributed by atoms with Gasteiger partial charge in [-0.1, -0.05) is 11.3 Å². The molecule has 11 nitrogen and oxygen atoms in total. The molecule has 2 aliphatic rings. The summed E-state index contributed by atoms with van der Waals surface area (Å²) in [5.74, 6) is 0.545. The molecule has 5 rings (SSSR count). The molecule has 0 bridgehead atoms. The highest BCUT2D eigenvalue weighted by Gasteiger charge is 2.39. The lowest BCUT2D eigenvalue weighted by Gasteiger charge is -2.23. The van der Waals surface area contributed by atoms with Gasteiger partial charge in [0.25, 0.3) is 0 Å². The zero-order chi connectivity index (χ0) is 24.6. The number of nitrogens with one attached hydrogen (secondary N) is 2. The van der Waals surface area contributed by atoms with Crippen molar-refractivity contribution in [2.45, 2.75) is 30.7 Å². The first-order valence-electron chi connectivity index (χ1n) is 10.8. The maximum atomic E-state index is 13.2. The van der Waals surface area contributed by atoms with Gasteiger partial charge in [-0.05, 0) is 55.3 Å². The minimum absolute atomic E-state index is 0.0484. The zero-order valence-electron chi connectivity index (χ0n) is 18.6. The SMILES string of the molecule is CC(=O)Nc1ccc(S(=O)(=O)N2CCCC2C(=O)Nc2nnc(-c3ccc4c(c3)OCO4)s2)cc1. The van der Waals surface area contributed by atoms with Crippen molar-refractivity contribution >= 4 is 44.0 Å². The van der Waals surface area contributed by atoms with E-state index in [1.54, 1.807) is 12.1 Å². The Kier molecular flexibility index (Phi) is 6.13. The van der Waals surface area contributed by atoms with Gasteiger partial charge >= 0.3 is 0 Å². The number of fused-ring (bicyclic) bond motifs is 1. The number of nitrogens with zero attached hydrogens (tertiary/aromatic N) is 3. The first-order valence-corrected chi connectivity index (χ1v) is 13.0. The largest absolute Gasteiger partial charge is 0.454 e. The Morgan fingerprint density at radius 3 is 2.60 bits per heavy atom. The molecule has 1 saturated heterocycles. The van der Waals surface area contributed by atoms with E-state index in [4.69, 9.17) is 9.47 Å². The lowest BCUT2D eigenvalue weighted by atomic mass is 10.2. The molecule has 1 fully saturated rings. The summed E-state index contributed by atoms with van der Waals surface area (Å²) >= 11 is 1.18. The highest BCUT2D eigenvalue weighted by atomic mass is 32.2. The average Bonchev–Trinajstić information content (AvgIpc) is 3.59. The molecule has 3 heterocycles. The topological polar surface area (TPSA) is 140 Å². The Morgan fingerprint density at radius 1 is 1.06 bits per heavy atom. The number of carbonyl (C=O) groups excluding carboxylic acids is 2. The number of hydrogen-bond donors (Lipinski definition) is 2. The second-order valence-corrected chi connectivity index (χ2v) is 10.8. The summed E-state index contributed by atoms with van der Waals surface area (Å²) in [5.41, 5.74) is 1.25. The second kappa shape index (κ2) is 9.24. The summed E-state index contributed by atoms with van der Waals surface area (Å²) in [5, 5.41) is 14.3. The number of aromatic nitrogens is 2. The van der Waals surface area contributed by atoms with E-state index in [0.717, 1.165) is 5.56 Å². The third-order valence-corrected chi connectivity index (χ3v) is 8.37. The first kappa shape index (κ1) is 23.2. The van der Waals surface area contributed by atoms with E-state index in [-0.39, 0.29) is 29.3 Å². The van der Waals surface area contributed by atoms with E-state index in [0.29, 0.717) is 35.0 Å². The Bertz CT molecular complexity index is 1390. The number of ether oxygens (including phenoxy) is 2. The van der Waals surface area contributed by atoms with Gasteiger partial charge in [-0.25, -0.2) is 8.42 Å². The maximum Gasteiger partial charge on any atom is 0.244 e.